The van der Waals surface area contributed by atoms with E-state index in [-0.39, 0.29) is 23.3 Å². The topological polar surface area (TPSA) is 46.6 Å². The Kier molecular flexibility index (Phi) is 3.04. The number of benzene rings is 1. The van der Waals surface area contributed by atoms with E-state index in [1.165, 1.54) is 4.90 Å². The molecule has 2 atom stereocenters. The van der Waals surface area contributed by atoms with E-state index >= 15 is 0 Å². The molecule has 1 heterocycles. The van der Waals surface area contributed by atoms with Gasteiger partial charge in [0.25, 0.3) is 0 Å². The Labute approximate surface area is 118 Å². The lowest BCUT2D eigenvalue weighted by Gasteiger charge is -2.20. The van der Waals surface area contributed by atoms with E-state index in [4.69, 9.17) is 4.74 Å². The lowest BCUT2D eigenvalue weighted by atomic mass is 10.0. The van der Waals surface area contributed by atoms with E-state index in [0.717, 1.165) is 12.0 Å². The highest BCUT2D eigenvalue weighted by Gasteiger charge is 2.55. The molecule has 1 aliphatic heterocycles. The van der Waals surface area contributed by atoms with Crippen LogP contribution in [0.5, 0.6) is 0 Å². The molecule has 106 valence electrons. The molecule has 0 aromatic heterocycles. The number of carbonyl (C=O) groups is 2. The van der Waals surface area contributed by atoms with E-state index in [9.17, 15) is 9.59 Å². The average molecular weight is 273 g/mol. The number of amides is 2. The summed E-state index contributed by atoms with van der Waals surface area (Å²) in [6.45, 7) is 4.42. The summed E-state index contributed by atoms with van der Waals surface area (Å²) in [5.41, 5.74) is 1.14. The third-order valence-electron chi connectivity index (χ3n) is 4.32. The number of carbonyl (C=O) groups excluding carboxylic acids is 2. The van der Waals surface area contributed by atoms with Gasteiger partial charge in [-0.15, -0.1) is 0 Å². The molecule has 0 bridgehead atoms. The zero-order valence-corrected chi connectivity index (χ0v) is 11.8. The predicted octanol–water partition coefficient (Wildman–Crippen LogP) is 2.62. The standard InChI is InChI=1S/C16H19NO3/c1-16(2)9-13(16)14(18)17-12(10-20-15(17)19)8-11-6-4-3-5-7-11/h3-7,12-13H,8-10H2,1-2H3/t12?,13-/m0/s1. The SMILES string of the molecule is CC1(C)C[C@H]1C(=O)N1C(=O)OCC1Cc1ccccc1. The van der Waals surface area contributed by atoms with E-state index in [2.05, 4.69) is 13.8 Å². The Balaban J connectivity index is 1.74. The highest BCUT2D eigenvalue weighted by atomic mass is 16.6. The zero-order chi connectivity index (χ0) is 14.3. The number of cyclic esters (lactones) is 1. The van der Waals surface area contributed by atoms with Crippen molar-refractivity contribution in [2.45, 2.75) is 32.7 Å². The number of hydrogen-bond acceptors (Lipinski definition) is 3. The summed E-state index contributed by atoms with van der Waals surface area (Å²) in [4.78, 5) is 25.6. The van der Waals surface area contributed by atoms with Gasteiger partial charge in [-0.1, -0.05) is 44.2 Å². The maximum atomic E-state index is 12.5. The minimum atomic E-state index is -0.487. The Bertz CT molecular complexity index is 538. The molecule has 3 rings (SSSR count). The van der Waals surface area contributed by atoms with Crippen LogP contribution >= 0.6 is 0 Å². The van der Waals surface area contributed by atoms with Crippen molar-refractivity contribution >= 4 is 12.0 Å². The van der Waals surface area contributed by atoms with Gasteiger partial charge in [-0.3, -0.25) is 4.79 Å². The molecule has 0 radical (unpaired) electrons. The van der Waals surface area contributed by atoms with E-state index in [0.29, 0.717) is 13.0 Å². The van der Waals surface area contributed by atoms with Gasteiger partial charge < -0.3 is 4.74 Å². The number of rotatable bonds is 3. The molecule has 1 aromatic rings. The molecule has 0 spiro atoms. The molecule has 2 fully saturated rings. The minimum Gasteiger partial charge on any atom is -0.447 e. The molecule has 1 aliphatic carbocycles. The van der Waals surface area contributed by atoms with Crippen LogP contribution in [-0.2, 0) is 16.0 Å². The third kappa shape index (κ3) is 2.30. The van der Waals surface area contributed by atoms with Gasteiger partial charge in [-0.2, -0.15) is 0 Å². The summed E-state index contributed by atoms with van der Waals surface area (Å²) in [7, 11) is 0. The van der Waals surface area contributed by atoms with Crippen molar-refractivity contribution < 1.29 is 14.3 Å². The first-order valence-electron chi connectivity index (χ1n) is 7.03. The molecule has 4 heteroatoms. The fourth-order valence-electron chi connectivity index (χ4n) is 2.82. The first-order valence-corrected chi connectivity index (χ1v) is 7.03. The number of hydrogen-bond donors (Lipinski definition) is 0. The molecule has 1 aromatic carbocycles. The Morgan fingerprint density at radius 2 is 2.00 bits per heavy atom. The van der Waals surface area contributed by atoms with Crippen LogP contribution in [0.25, 0.3) is 0 Å². The van der Waals surface area contributed by atoms with Crippen LogP contribution in [0.1, 0.15) is 25.8 Å². The zero-order valence-electron chi connectivity index (χ0n) is 11.8. The molecule has 2 aliphatic rings. The van der Waals surface area contributed by atoms with Crippen LogP contribution in [0, 0.1) is 11.3 Å². The van der Waals surface area contributed by atoms with Crippen molar-refractivity contribution in [3.05, 3.63) is 35.9 Å². The number of imide groups is 1. The van der Waals surface area contributed by atoms with Gasteiger partial charge in [0, 0.05) is 5.92 Å². The summed E-state index contributed by atoms with van der Waals surface area (Å²) in [6, 6.07) is 9.72. The van der Waals surface area contributed by atoms with E-state index < -0.39 is 6.09 Å². The number of ether oxygens (including phenoxy) is 1. The van der Waals surface area contributed by atoms with Gasteiger partial charge in [0.05, 0.1) is 6.04 Å². The number of nitrogens with zero attached hydrogens (tertiary/aromatic N) is 1. The Hall–Kier alpha value is -1.84. The average Bonchev–Trinajstić information content (AvgIpc) is 2.91. The normalized spacial score (nSPS) is 27.3. The molecule has 20 heavy (non-hydrogen) atoms. The smallest absolute Gasteiger partial charge is 0.416 e. The molecule has 1 saturated carbocycles. The lowest BCUT2D eigenvalue weighted by Crippen LogP contribution is -2.41. The van der Waals surface area contributed by atoms with Gasteiger partial charge in [0.2, 0.25) is 5.91 Å². The molecule has 0 N–H and O–H groups in total. The van der Waals surface area contributed by atoms with Crippen molar-refractivity contribution in [3.63, 3.8) is 0 Å². The second-order valence-corrected chi connectivity index (χ2v) is 6.37. The van der Waals surface area contributed by atoms with Crippen LogP contribution < -0.4 is 0 Å². The molecule has 1 unspecified atom stereocenters. The summed E-state index contributed by atoms with van der Waals surface area (Å²) in [5, 5.41) is 0. The van der Waals surface area contributed by atoms with Gasteiger partial charge in [0.1, 0.15) is 6.61 Å². The molecular weight excluding hydrogens is 254 g/mol. The molecule has 4 nitrogen and oxygen atoms in total. The molecule has 2 amide bonds. The first-order chi connectivity index (χ1) is 9.49. The fourth-order valence-corrected chi connectivity index (χ4v) is 2.82. The molecule has 1 saturated heterocycles. The molecular formula is C16H19NO3. The van der Waals surface area contributed by atoms with E-state index in [1.54, 1.807) is 0 Å². The van der Waals surface area contributed by atoms with Crippen LogP contribution in [0.3, 0.4) is 0 Å². The van der Waals surface area contributed by atoms with Crippen LogP contribution in [0.15, 0.2) is 30.3 Å². The van der Waals surface area contributed by atoms with Crippen molar-refractivity contribution in [1.29, 1.82) is 0 Å². The van der Waals surface area contributed by atoms with Gasteiger partial charge in [-0.05, 0) is 23.8 Å². The summed E-state index contributed by atoms with van der Waals surface area (Å²) >= 11 is 0. The van der Waals surface area contributed by atoms with Gasteiger partial charge in [0.15, 0.2) is 0 Å². The second-order valence-electron chi connectivity index (χ2n) is 6.37. The van der Waals surface area contributed by atoms with Crippen molar-refractivity contribution in [2.24, 2.45) is 11.3 Å². The largest absolute Gasteiger partial charge is 0.447 e. The highest BCUT2D eigenvalue weighted by Crippen LogP contribution is 2.52. The van der Waals surface area contributed by atoms with Crippen molar-refractivity contribution in [1.82, 2.24) is 4.90 Å². The summed E-state index contributed by atoms with van der Waals surface area (Å²) < 4.78 is 5.08. The highest BCUT2D eigenvalue weighted by molar-refractivity contribution is 5.96. The maximum Gasteiger partial charge on any atom is 0.416 e. The minimum absolute atomic E-state index is 0.0250. The van der Waals surface area contributed by atoms with E-state index in [1.807, 2.05) is 30.3 Å². The Morgan fingerprint density at radius 1 is 1.35 bits per heavy atom. The fraction of sp³-hybridized carbons (Fsp3) is 0.500. The van der Waals surface area contributed by atoms with Crippen LogP contribution in [0.4, 0.5) is 4.79 Å². The van der Waals surface area contributed by atoms with Crippen molar-refractivity contribution in [3.8, 4) is 0 Å². The predicted molar refractivity (Wildman–Crippen MR) is 74.0 cm³/mol. The second kappa shape index (κ2) is 4.62. The van der Waals surface area contributed by atoms with Gasteiger partial charge in [-0.25, -0.2) is 9.69 Å². The monoisotopic (exact) mass is 273 g/mol. The Morgan fingerprint density at radius 3 is 2.60 bits per heavy atom. The maximum absolute atomic E-state index is 12.5. The first kappa shape index (κ1) is 13.2. The quantitative estimate of drug-likeness (QED) is 0.850. The van der Waals surface area contributed by atoms with Crippen LogP contribution in [0.2, 0.25) is 0 Å². The van der Waals surface area contributed by atoms with Gasteiger partial charge >= 0.3 is 6.09 Å². The van der Waals surface area contributed by atoms with Crippen molar-refractivity contribution in [2.75, 3.05) is 6.61 Å². The summed E-state index contributed by atoms with van der Waals surface area (Å²) in [6.07, 6.45) is 1.03. The lowest BCUT2D eigenvalue weighted by molar-refractivity contribution is -0.131. The third-order valence-corrected chi connectivity index (χ3v) is 4.32. The van der Waals surface area contributed by atoms with Crippen LogP contribution in [-0.4, -0.2) is 29.5 Å². The summed E-state index contributed by atoms with van der Waals surface area (Å²) in [5.74, 6) is -0.107.